The van der Waals surface area contributed by atoms with E-state index in [1.807, 2.05) is 44.0 Å². The van der Waals surface area contributed by atoms with Gasteiger partial charge in [0.25, 0.3) is 0 Å². The first-order valence-corrected chi connectivity index (χ1v) is 8.20. The van der Waals surface area contributed by atoms with Crippen molar-refractivity contribution in [2.45, 2.75) is 45.3 Å². The summed E-state index contributed by atoms with van der Waals surface area (Å²) in [6.45, 7) is 7.10. The molecule has 126 valence electrons. The first-order chi connectivity index (χ1) is 11.4. The summed E-state index contributed by atoms with van der Waals surface area (Å²) in [6, 6.07) is 6.11. The van der Waals surface area contributed by atoms with Gasteiger partial charge in [-0.05, 0) is 45.2 Å². The number of aryl methyl sites for hydroxylation is 1. The highest BCUT2D eigenvalue weighted by molar-refractivity contribution is 5.46. The second kappa shape index (κ2) is 6.21. The molecule has 0 spiro atoms. The monoisotopic (exact) mass is 326 g/mol. The number of hydrogen-bond donors (Lipinski definition) is 1. The molecule has 24 heavy (non-hydrogen) atoms. The van der Waals surface area contributed by atoms with Gasteiger partial charge in [-0.3, -0.25) is 0 Å². The van der Waals surface area contributed by atoms with Crippen molar-refractivity contribution in [1.29, 1.82) is 5.26 Å². The predicted octanol–water partition coefficient (Wildman–Crippen LogP) is 1.92. The quantitative estimate of drug-likeness (QED) is 0.926. The Bertz CT molecular complexity index is 778. The van der Waals surface area contributed by atoms with Crippen LogP contribution in [0, 0.1) is 18.3 Å². The Morgan fingerprint density at radius 1 is 1.38 bits per heavy atom. The van der Waals surface area contributed by atoms with E-state index in [2.05, 4.69) is 21.4 Å². The van der Waals surface area contributed by atoms with Gasteiger partial charge in [0.2, 0.25) is 0 Å². The third-order valence-electron chi connectivity index (χ3n) is 4.50. The summed E-state index contributed by atoms with van der Waals surface area (Å²) in [5.74, 6) is 0.714. The molecule has 7 heteroatoms. The second-order valence-electron chi connectivity index (χ2n) is 6.68. The lowest BCUT2D eigenvalue weighted by Crippen LogP contribution is -2.46. The minimum atomic E-state index is -1.05. The van der Waals surface area contributed by atoms with Crippen LogP contribution in [0.1, 0.15) is 49.7 Å². The second-order valence-corrected chi connectivity index (χ2v) is 6.68. The molecule has 1 saturated heterocycles. The standard InChI is InChI=1S/C17H22N6O/c1-12(2)23-10-15(20-21-23)17(24)7-4-8-22(11-17)16-6-5-13(3)14(9-18)19-16/h5-6,10,12,24H,4,7-8,11H2,1-3H3/t17-/m0/s1. The summed E-state index contributed by atoms with van der Waals surface area (Å²) in [4.78, 5) is 6.43. The Morgan fingerprint density at radius 3 is 2.83 bits per heavy atom. The number of hydrogen-bond acceptors (Lipinski definition) is 6. The first-order valence-electron chi connectivity index (χ1n) is 8.20. The van der Waals surface area contributed by atoms with E-state index in [1.54, 1.807) is 4.68 Å². The fourth-order valence-corrected chi connectivity index (χ4v) is 2.99. The third kappa shape index (κ3) is 2.97. The number of nitrogens with zero attached hydrogens (tertiary/aromatic N) is 6. The zero-order chi connectivity index (χ0) is 17.3. The van der Waals surface area contributed by atoms with Gasteiger partial charge in [-0.25, -0.2) is 9.67 Å². The first kappa shape index (κ1) is 16.4. The summed E-state index contributed by atoms with van der Waals surface area (Å²) < 4.78 is 1.75. The van der Waals surface area contributed by atoms with Crippen LogP contribution in [0.3, 0.4) is 0 Å². The number of nitriles is 1. The van der Waals surface area contributed by atoms with E-state index in [9.17, 15) is 10.4 Å². The minimum absolute atomic E-state index is 0.200. The van der Waals surface area contributed by atoms with Gasteiger partial charge in [0.05, 0.1) is 12.7 Å². The molecule has 1 fully saturated rings. The molecule has 0 amide bonds. The number of piperidine rings is 1. The number of β-amino-alcohol motifs (C(OH)–C–C–N with tert-alkyl or cyclic N) is 1. The maximum absolute atomic E-state index is 11.1. The van der Waals surface area contributed by atoms with Gasteiger partial charge in [0.15, 0.2) is 0 Å². The highest BCUT2D eigenvalue weighted by atomic mass is 16.3. The molecule has 7 nitrogen and oxygen atoms in total. The van der Waals surface area contributed by atoms with Crippen molar-refractivity contribution in [2.75, 3.05) is 18.0 Å². The van der Waals surface area contributed by atoms with Crippen molar-refractivity contribution >= 4 is 5.82 Å². The molecule has 0 aliphatic carbocycles. The average Bonchev–Trinajstić information content (AvgIpc) is 3.06. The van der Waals surface area contributed by atoms with E-state index < -0.39 is 5.60 Å². The smallest absolute Gasteiger partial charge is 0.145 e. The molecule has 1 aliphatic heterocycles. The summed E-state index contributed by atoms with van der Waals surface area (Å²) in [7, 11) is 0. The van der Waals surface area contributed by atoms with E-state index in [0.717, 1.165) is 18.5 Å². The van der Waals surface area contributed by atoms with Crippen molar-refractivity contribution < 1.29 is 5.11 Å². The lowest BCUT2D eigenvalue weighted by Gasteiger charge is -2.38. The number of anilines is 1. The Hall–Kier alpha value is -2.46. The molecule has 0 saturated carbocycles. The molecule has 1 aliphatic rings. The Balaban J connectivity index is 1.87. The molecule has 0 unspecified atom stereocenters. The van der Waals surface area contributed by atoms with Crippen LogP contribution in [0.15, 0.2) is 18.3 Å². The van der Waals surface area contributed by atoms with Crippen molar-refractivity contribution in [1.82, 2.24) is 20.0 Å². The van der Waals surface area contributed by atoms with Gasteiger partial charge in [0.1, 0.15) is 28.9 Å². The predicted molar refractivity (Wildman–Crippen MR) is 89.4 cm³/mol. The Labute approximate surface area is 141 Å². The van der Waals surface area contributed by atoms with Crippen LogP contribution in [-0.4, -0.2) is 38.2 Å². The molecule has 1 N–H and O–H groups in total. The molecule has 2 aromatic heterocycles. The molecule has 0 bridgehead atoms. The highest BCUT2D eigenvalue weighted by Crippen LogP contribution is 2.32. The van der Waals surface area contributed by atoms with Gasteiger partial charge in [0, 0.05) is 12.6 Å². The fourth-order valence-electron chi connectivity index (χ4n) is 2.99. The fraction of sp³-hybridized carbons (Fsp3) is 0.529. The van der Waals surface area contributed by atoms with Crippen LogP contribution in [0.2, 0.25) is 0 Å². The number of rotatable bonds is 3. The van der Waals surface area contributed by atoms with E-state index in [4.69, 9.17) is 0 Å². The number of aromatic nitrogens is 4. The Kier molecular flexibility index (Phi) is 4.24. The van der Waals surface area contributed by atoms with Crippen LogP contribution < -0.4 is 4.90 Å². The minimum Gasteiger partial charge on any atom is -0.382 e. The summed E-state index contributed by atoms with van der Waals surface area (Å²) >= 11 is 0. The number of aliphatic hydroxyl groups is 1. The topological polar surface area (TPSA) is 90.9 Å². The maximum Gasteiger partial charge on any atom is 0.145 e. The summed E-state index contributed by atoms with van der Waals surface area (Å²) in [5, 5.41) is 28.6. The highest BCUT2D eigenvalue weighted by Gasteiger charge is 2.38. The lowest BCUT2D eigenvalue weighted by atomic mass is 9.90. The van der Waals surface area contributed by atoms with Crippen LogP contribution in [0.25, 0.3) is 0 Å². The molecule has 3 rings (SSSR count). The van der Waals surface area contributed by atoms with Crippen molar-refractivity contribution in [3.8, 4) is 6.07 Å². The molecule has 0 radical (unpaired) electrons. The molecule has 1 atom stereocenters. The molecule has 3 heterocycles. The van der Waals surface area contributed by atoms with Crippen LogP contribution in [0.4, 0.5) is 5.82 Å². The van der Waals surface area contributed by atoms with E-state index in [0.29, 0.717) is 30.2 Å². The van der Waals surface area contributed by atoms with E-state index in [1.165, 1.54) is 0 Å². The van der Waals surface area contributed by atoms with E-state index in [-0.39, 0.29) is 6.04 Å². The maximum atomic E-state index is 11.1. The molecular weight excluding hydrogens is 304 g/mol. The van der Waals surface area contributed by atoms with Gasteiger partial charge >= 0.3 is 0 Å². The molecular formula is C17H22N6O. The van der Waals surface area contributed by atoms with Gasteiger partial charge in [-0.1, -0.05) is 11.3 Å². The van der Waals surface area contributed by atoms with Crippen LogP contribution in [0.5, 0.6) is 0 Å². The third-order valence-corrected chi connectivity index (χ3v) is 4.50. The van der Waals surface area contributed by atoms with Crippen molar-refractivity contribution in [3.63, 3.8) is 0 Å². The zero-order valence-corrected chi connectivity index (χ0v) is 14.3. The average molecular weight is 326 g/mol. The van der Waals surface area contributed by atoms with Gasteiger partial charge in [-0.2, -0.15) is 5.26 Å². The number of pyridine rings is 1. The molecule has 2 aromatic rings. The molecule has 0 aromatic carbocycles. The van der Waals surface area contributed by atoms with E-state index >= 15 is 0 Å². The van der Waals surface area contributed by atoms with Gasteiger partial charge in [-0.15, -0.1) is 5.10 Å². The van der Waals surface area contributed by atoms with Crippen molar-refractivity contribution in [3.05, 3.63) is 35.3 Å². The normalized spacial score (nSPS) is 21.1. The Morgan fingerprint density at radius 2 is 2.17 bits per heavy atom. The SMILES string of the molecule is Cc1ccc(N2CCC[C@@](O)(c3cn(C(C)C)nn3)C2)nc1C#N. The zero-order valence-electron chi connectivity index (χ0n) is 14.3. The lowest BCUT2D eigenvalue weighted by molar-refractivity contribution is 0.0174. The summed E-state index contributed by atoms with van der Waals surface area (Å²) in [6.07, 6.45) is 3.27. The largest absolute Gasteiger partial charge is 0.382 e. The van der Waals surface area contributed by atoms with Crippen LogP contribution >= 0.6 is 0 Å². The van der Waals surface area contributed by atoms with Crippen molar-refractivity contribution in [2.24, 2.45) is 0 Å². The van der Waals surface area contributed by atoms with Crippen LogP contribution in [-0.2, 0) is 5.60 Å². The summed E-state index contributed by atoms with van der Waals surface area (Å²) in [5.41, 5.74) is 0.819. The van der Waals surface area contributed by atoms with Gasteiger partial charge < -0.3 is 10.0 Å².